The zero-order chi connectivity index (χ0) is 33.1. The summed E-state index contributed by atoms with van der Waals surface area (Å²) in [5, 5.41) is 39.4. The Hall–Kier alpha value is -4.52. The molecule has 0 aromatic heterocycles. The van der Waals surface area contributed by atoms with Crippen molar-refractivity contribution in [2.45, 2.75) is 70.1 Å². The van der Waals surface area contributed by atoms with Gasteiger partial charge in [-0.3, -0.25) is 33.8 Å². The lowest BCUT2D eigenvalue weighted by atomic mass is 9.97. The maximum Gasteiger partial charge on any atom is 0.326 e. The molecular weight excluding hydrogens is 574 g/mol. The van der Waals surface area contributed by atoms with Crippen LogP contribution < -0.4 is 43.8 Å². The summed E-state index contributed by atoms with van der Waals surface area (Å²) < 4.78 is 0. The first-order chi connectivity index (χ1) is 20.2. The first kappa shape index (κ1) is 38.5. The molecule has 0 unspecified atom stereocenters. The first-order valence-electron chi connectivity index (χ1n) is 13.4. The van der Waals surface area contributed by atoms with Crippen LogP contribution >= 0.6 is 0 Å². The molecule has 19 nitrogen and oxygen atoms in total. The molecule has 0 aliphatic carbocycles. The van der Waals surface area contributed by atoms with Crippen molar-refractivity contribution in [2.24, 2.45) is 28.1 Å². The first-order valence-corrected chi connectivity index (χ1v) is 13.4. The molecule has 43 heavy (non-hydrogen) atoms. The molecule has 0 radical (unpaired) electrons. The summed E-state index contributed by atoms with van der Waals surface area (Å²) in [7, 11) is 0. The maximum atomic E-state index is 13.2. The number of carbonyl (C=O) groups excluding carboxylic acids is 5. The molecule has 0 spiro atoms. The minimum atomic E-state index is -1.46. The number of amides is 5. The van der Waals surface area contributed by atoms with Crippen LogP contribution in [0.5, 0.6) is 0 Å². The van der Waals surface area contributed by atoms with E-state index in [4.69, 9.17) is 22.3 Å². The molecule has 0 aromatic rings. The topological polar surface area (TPSA) is 331 Å². The van der Waals surface area contributed by atoms with Crippen molar-refractivity contribution in [2.75, 3.05) is 26.2 Å². The normalized spacial score (nSPS) is 14.0. The number of hydrogen-bond donors (Lipinski definition) is 11. The van der Waals surface area contributed by atoms with Crippen molar-refractivity contribution in [3.05, 3.63) is 0 Å². The molecule has 0 heterocycles. The molecule has 0 aliphatic heterocycles. The zero-order valence-electron chi connectivity index (χ0n) is 24.1. The number of hydrogen-bond acceptors (Lipinski definition) is 10. The Morgan fingerprint density at radius 1 is 0.814 bits per heavy atom. The van der Waals surface area contributed by atoms with Crippen LogP contribution in [0.4, 0.5) is 0 Å². The van der Waals surface area contributed by atoms with Gasteiger partial charge in [-0.1, -0.05) is 20.3 Å². The molecule has 0 aliphatic rings. The van der Waals surface area contributed by atoms with Crippen molar-refractivity contribution >= 4 is 47.4 Å². The number of nitrogens with zero attached hydrogens (tertiary/aromatic N) is 1. The Labute approximate surface area is 247 Å². The fraction of sp³-hybridized carbons (Fsp3) is 0.667. The van der Waals surface area contributed by atoms with E-state index in [9.17, 15) is 43.8 Å². The van der Waals surface area contributed by atoms with Crippen LogP contribution in [0.3, 0.4) is 0 Å². The molecule has 5 atom stereocenters. The highest BCUT2D eigenvalue weighted by Gasteiger charge is 2.32. The van der Waals surface area contributed by atoms with Gasteiger partial charge in [-0.2, -0.15) is 0 Å². The van der Waals surface area contributed by atoms with E-state index < -0.39 is 97.7 Å². The Morgan fingerprint density at radius 3 is 1.95 bits per heavy atom. The quantitative estimate of drug-likeness (QED) is 0.0327. The van der Waals surface area contributed by atoms with E-state index in [1.54, 1.807) is 13.8 Å². The number of aliphatic hydroxyl groups excluding tert-OH is 1. The minimum Gasteiger partial charge on any atom is -0.481 e. The van der Waals surface area contributed by atoms with E-state index in [0.717, 1.165) is 0 Å². The van der Waals surface area contributed by atoms with Gasteiger partial charge in [-0.15, -0.1) is 0 Å². The van der Waals surface area contributed by atoms with Gasteiger partial charge >= 0.3 is 11.9 Å². The molecule has 0 rings (SSSR count). The van der Waals surface area contributed by atoms with Crippen LogP contribution in [0.25, 0.3) is 0 Å². The summed E-state index contributed by atoms with van der Waals surface area (Å²) in [6, 6.07) is -5.44. The van der Waals surface area contributed by atoms with Gasteiger partial charge in [-0.05, 0) is 25.2 Å². The minimum absolute atomic E-state index is 0.0150. The summed E-state index contributed by atoms with van der Waals surface area (Å²) in [4.78, 5) is 88.9. The second-order valence-electron chi connectivity index (χ2n) is 9.50. The predicted octanol–water partition coefficient (Wildman–Crippen LogP) is -4.96. The monoisotopic (exact) mass is 617 g/mol. The number of nitrogens with two attached hydrogens (primary N) is 3. The van der Waals surface area contributed by atoms with Crippen LogP contribution in [-0.2, 0) is 33.6 Å². The molecule has 0 bridgehead atoms. The lowest BCUT2D eigenvalue weighted by Gasteiger charge is -2.28. The number of carbonyl (C=O) groups is 7. The smallest absolute Gasteiger partial charge is 0.326 e. The summed E-state index contributed by atoms with van der Waals surface area (Å²) in [5.74, 6) is -7.61. The second-order valence-corrected chi connectivity index (χ2v) is 9.50. The second kappa shape index (κ2) is 20.4. The molecular formula is C24H43N9O10. The lowest BCUT2D eigenvalue weighted by molar-refractivity contribution is -0.142. The van der Waals surface area contributed by atoms with E-state index in [0.29, 0.717) is 6.42 Å². The number of carboxylic acids is 2. The lowest BCUT2D eigenvalue weighted by Crippen LogP contribution is -2.59. The number of carboxylic acid groups (broad SMARTS) is 2. The largest absolute Gasteiger partial charge is 0.481 e. The Morgan fingerprint density at radius 2 is 1.44 bits per heavy atom. The molecule has 5 amide bonds. The van der Waals surface area contributed by atoms with Gasteiger partial charge in [0, 0.05) is 13.0 Å². The van der Waals surface area contributed by atoms with E-state index >= 15 is 0 Å². The van der Waals surface area contributed by atoms with Crippen molar-refractivity contribution in [3.63, 3.8) is 0 Å². The van der Waals surface area contributed by atoms with Gasteiger partial charge < -0.3 is 59.1 Å². The van der Waals surface area contributed by atoms with Gasteiger partial charge in [0.05, 0.1) is 19.7 Å². The van der Waals surface area contributed by atoms with Crippen LogP contribution in [0, 0.1) is 5.92 Å². The Kier molecular flexibility index (Phi) is 18.2. The maximum absolute atomic E-state index is 13.2. The predicted molar refractivity (Wildman–Crippen MR) is 151 cm³/mol. The molecule has 19 heteroatoms. The van der Waals surface area contributed by atoms with E-state index in [1.807, 2.05) is 0 Å². The van der Waals surface area contributed by atoms with Crippen molar-refractivity contribution in [1.29, 1.82) is 0 Å². The summed E-state index contributed by atoms with van der Waals surface area (Å²) in [5.41, 5.74) is 15.6. The van der Waals surface area contributed by atoms with Gasteiger partial charge in [0.2, 0.25) is 29.5 Å². The summed E-state index contributed by atoms with van der Waals surface area (Å²) in [6.07, 6.45) is -0.334. The van der Waals surface area contributed by atoms with Crippen LogP contribution in [0.15, 0.2) is 4.99 Å². The SMILES string of the molecule is CC[C@H](C)[C@H](NC(=O)[C@H](CO)NC(=O)CN)C(=O)N[C@@H](CCC(=O)O)C(=O)NCC(=O)N[C@@H](CCCN=C(N)N)C(=O)O. The van der Waals surface area contributed by atoms with E-state index in [2.05, 4.69) is 31.6 Å². The van der Waals surface area contributed by atoms with E-state index in [-0.39, 0.29) is 31.8 Å². The molecule has 0 saturated carbocycles. The third-order valence-electron chi connectivity index (χ3n) is 6.09. The molecule has 0 fully saturated rings. The average Bonchev–Trinajstić information content (AvgIpc) is 2.95. The van der Waals surface area contributed by atoms with Gasteiger partial charge in [-0.25, -0.2) is 4.79 Å². The number of aliphatic hydroxyl groups is 1. The molecule has 244 valence electrons. The average molecular weight is 618 g/mol. The van der Waals surface area contributed by atoms with Crippen molar-refractivity contribution in [3.8, 4) is 0 Å². The third-order valence-corrected chi connectivity index (χ3v) is 6.09. The summed E-state index contributed by atoms with van der Waals surface area (Å²) in [6.45, 7) is 1.52. The number of aliphatic imine (C=N–C) groups is 1. The van der Waals surface area contributed by atoms with E-state index in [1.165, 1.54) is 0 Å². The molecule has 0 aromatic carbocycles. The molecule has 0 saturated heterocycles. The zero-order valence-corrected chi connectivity index (χ0v) is 24.1. The van der Waals surface area contributed by atoms with Crippen molar-refractivity contribution < 1.29 is 48.9 Å². The molecule has 14 N–H and O–H groups in total. The van der Waals surface area contributed by atoms with Gasteiger partial charge in [0.15, 0.2) is 5.96 Å². The number of rotatable bonds is 21. The van der Waals surface area contributed by atoms with Gasteiger partial charge in [0.1, 0.15) is 24.2 Å². The van der Waals surface area contributed by atoms with Crippen LogP contribution in [0.2, 0.25) is 0 Å². The van der Waals surface area contributed by atoms with Gasteiger partial charge in [0.25, 0.3) is 0 Å². The highest BCUT2D eigenvalue weighted by atomic mass is 16.4. The fourth-order valence-electron chi connectivity index (χ4n) is 3.50. The summed E-state index contributed by atoms with van der Waals surface area (Å²) >= 11 is 0. The van der Waals surface area contributed by atoms with Crippen LogP contribution in [0.1, 0.15) is 46.0 Å². The highest BCUT2D eigenvalue weighted by Crippen LogP contribution is 2.10. The van der Waals surface area contributed by atoms with Crippen LogP contribution in [-0.4, -0.2) is 113 Å². The third kappa shape index (κ3) is 15.9. The number of guanidine groups is 1. The Balaban J connectivity index is 5.50. The number of nitrogens with one attached hydrogen (secondary N) is 5. The number of aliphatic carboxylic acids is 2. The Bertz CT molecular complexity index is 1020. The van der Waals surface area contributed by atoms with Crippen molar-refractivity contribution in [1.82, 2.24) is 26.6 Å². The highest BCUT2D eigenvalue weighted by molar-refractivity contribution is 5.95. The fourth-order valence-corrected chi connectivity index (χ4v) is 3.50. The standard InChI is InChI=1S/C24H43N9O10/c1-3-12(2)19(33-21(40)15(11-34)31-16(35)9-25)22(41)32-13(6-7-18(37)38)20(39)29-10-17(36)30-14(23(42)43)5-4-8-28-24(26)27/h12-15,19,34H,3-11,25H2,1-2H3,(H,29,39)(H,30,36)(H,31,35)(H,32,41)(H,33,40)(H,37,38)(H,42,43)(H4,26,27,28)/t12-,13-,14-,15-,19-/m0/s1.